The van der Waals surface area contributed by atoms with Gasteiger partial charge in [-0.3, -0.25) is 4.79 Å². The van der Waals surface area contributed by atoms with Crippen molar-refractivity contribution in [3.05, 3.63) is 22.2 Å². The van der Waals surface area contributed by atoms with Gasteiger partial charge in [0.05, 0.1) is 0 Å². The second-order valence-corrected chi connectivity index (χ2v) is 5.73. The fraction of sp³-hybridized carbons (Fsp3) is 0.500. The quantitative estimate of drug-likeness (QED) is 0.798. The number of Topliss-reactive ketones (excluding diaryl/α,β-unsaturated/α-hetero) is 1. The molecule has 0 fully saturated rings. The van der Waals surface area contributed by atoms with E-state index < -0.39 is 0 Å². The van der Waals surface area contributed by atoms with E-state index in [-0.39, 0.29) is 11.7 Å². The van der Waals surface area contributed by atoms with E-state index in [0.717, 1.165) is 4.47 Å². The first kappa shape index (κ1) is 13.4. The minimum atomic E-state index is -0.0103. The Labute approximate surface area is 116 Å². The highest BCUT2D eigenvalue weighted by Crippen LogP contribution is 2.36. The molecule has 0 spiro atoms. The molecule has 1 aromatic rings. The van der Waals surface area contributed by atoms with Gasteiger partial charge in [0.2, 0.25) is 0 Å². The zero-order valence-corrected chi connectivity index (χ0v) is 12.4. The third-order valence-electron chi connectivity index (χ3n) is 3.31. The van der Waals surface area contributed by atoms with E-state index >= 15 is 0 Å². The molecule has 2 rings (SSSR count). The Morgan fingerprint density at radius 2 is 1.72 bits per heavy atom. The number of rotatable bonds is 3. The van der Waals surface area contributed by atoms with Gasteiger partial charge in [-0.05, 0) is 34.0 Å². The Morgan fingerprint density at radius 1 is 1.17 bits per heavy atom. The second-order valence-electron chi connectivity index (χ2n) is 4.87. The van der Waals surface area contributed by atoms with Gasteiger partial charge in [0.25, 0.3) is 0 Å². The highest BCUT2D eigenvalue weighted by atomic mass is 79.9. The lowest BCUT2D eigenvalue weighted by atomic mass is 9.89. The maximum absolute atomic E-state index is 12.4. The molecule has 0 saturated heterocycles. The first-order chi connectivity index (χ1) is 8.50. The van der Waals surface area contributed by atoms with Crippen LogP contribution in [-0.2, 0) is 0 Å². The maximum Gasteiger partial charge on any atom is 0.167 e. The van der Waals surface area contributed by atoms with Crippen molar-refractivity contribution in [3.63, 3.8) is 0 Å². The van der Waals surface area contributed by atoms with Crippen LogP contribution in [0.2, 0.25) is 0 Å². The molecule has 4 heteroatoms. The number of carbonyl (C=O) groups excluding carboxylic acids is 1. The van der Waals surface area contributed by atoms with E-state index in [1.165, 1.54) is 0 Å². The van der Waals surface area contributed by atoms with Crippen LogP contribution in [0.3, 0.4) is 0 Å². The molecule has 1 aliphatic heterocycles. The number of fused-ring (bicyclic) bond motifs is 1. The second kappa shape index (κ2) is 5.31. The number of hydrogen-bond acceptors (Lipinski definition) is 3. The fourth-order valence-corrected chi connectivity index (χ4v) is 2.32. The van der Waals surface area contributed by atoms with Crippen molar-refractivity contribution < 1.29 is 14.3 Å². The average Bonchev–Trinajstić information content (AvgIpc) is 2.36. The zero-order valence-electron chi connectivity index (χ0n) is 10.8. The van der Waals surface area contributed by atoms with Gasteiger partial charge in [0, 0.05) is 16.0 Å². The molecular formula is C14H17BrO3. The minimum absolute atomic E-state index is 0.0103. The van der Waals surface area contributed by atoms with Crippen LogP contribution in [0.15, 0.2) is 16.6 Å². The minimum Gasteiger partial charge on any atom is -0.486 e. The van der Waals surface area contributed by atoms with Gasteiger partial charge >= 0.3 is 0 Å². The van der Waals surface area contributed by atoms with Crippen molar-refractivity contribution in [1.29, 1.82) is 0 Å². The van der Waals surface area contributed by atoms with Gasteiger partial charge in [-0.2, -0.15) is 0 Å². The van der Waals surface area contributed by atoms with Crippen LogP contribution in [-0.4, -0.2) is 19.0 Å². The lowest BCUT2D eigenvalue weighted by molar-refractivity contribution is 0.0897. The van der Waals surface area contributed by atoms with Crippen LogP contribution >= 0.6 is 15.9 Å². The first-order valence-electron chi connectivity index (χ1n) is 6.14. The highest BCUT2D eigenvalue weighted by Gasteiger charge is 2.23. The predicted molar refractivity (Wildman–Crippen MR) is 73.5 cm³/mol. The maximum atomic E-state index is 12.4. The van der Waals surface area contributed by atoms with Crippen molar-refractivity contribution in [2.75, 3.05) is 13.2 Å². The molecule has 98 valence electrons. The monoisotopic (exact) mass is 312 g/mol. The smallest absolute Gasteiger partial charge is 0.167 e. The molecule has 1 aliphatic rings. The van der Waals surface area contributed by atoms with Crippen LogP contribution in [0.4, 0.5) is 0 Å². The van der Waals surface area contributed by atoms with Crippen molar-refractivity contribution in [2.45, 2.75) is 20.8 Å². The van der Waals surface area contributed by atoms with E-state index in [2.05, 4.69) is 29.8 Å². The van der Waals surface area contributed by atoms with Gasteiger partial charge in [-0.15, -0.1) is 0 Å². The van der Waals surface area contributed by atoms with Crippen molar-refractivity contribution in [2.24, 2.45) is 11.8 Å². The normalized spacial score (nSPS) is 15.6. The van der Waals surface area contributed by atoms with E-state index in [9.17, 15) is 4.79 Å². The number of halogens is 1. The number of carbonyl (C=O) groups is 1. The summed E-state index contributed by atoms with van der Waals surface area (Å²) in [6, 6.07) is 3.59. The summed E-state index contributed by atoms with van der Waals surface area (Å²) in [6.45, 7) is 7.14. The van der Waals surface area contributed by atoms with Crippen molar-refractivity contribution in [3.8, 4) is 11.5 Å². The van der Waals surface area contributed by atoms with Crippen molar-refractivity contribution in [1.82, 2.24) is 0 Å². The van der Waals surface area contributed by atoms with Crippen LogP contribution < -0.4 is 9.47 Å². The molecule has 0 amide bonds. The summed E-state index contributed by atoms with van der Waals surface area (Å²) in [5.41, 5.74) is 0.667. The largest absolute Gasteiger partial charge is 0.486 e. The fourth-order valence-electron chi connectivity index (χ4n) is 1.80. The molecule has 0 radical (unpaired) electrons. The topological polar surface area (TPSA) is 35.5 Å². The molecule has 3 nitrogen and oxygen atoms in total. The Bertz CT molecular complexity index is 468. The van der Waals surface area contributed by atoms with Crippen LogP contribution in [0.5, 0.6) is 11.5 Å². The Kier molecular flexibility index (Phi) is 3.95. The standard InChI is InChI=1S/C14H17BrO3/c1-8(2)9(3)14(16)10-6-12-13(7-11(10)15)18-5-4-17-12/h6-9H,4-5H2,1-3H3. The summed E-state index contributed by atoms with van der Waals surface area (Å²) in [6.07, 6.45) is 0. The Morgan fingerprint density at radius 3 is 2.28 bits per heavy atom. The highest BCUT2D eigenvalue weighted by molar-refractivity contribution is 9.10. The molecule has 18 heavy (non-hydrogen) atoms. The summed E-state index contributed by atoms with van der Waals surface area (Å²) < 4.78 is 11.8. The third-order valence-corrected chi connectivity index (χ3v) is 3.97. The van der Waals surface area contributed by atoms with Crippen molar-refractivity contribution >= 4 is 21.7 Å². The number of ketones is 1. The molecule has 0 N–H and O–H groups in total. The summed E-state index contributed by atoms with van der Waals surface area (Å²) in [5.74, 6) is 1.79. The summed E-state index contributed by atoms with van der Waals surface area (Å²) in [5, 5.41) is 0. The summed E-state index contributed by atoms with van der Waals surface area (Å²) in [4.78, 5) is 12.4. The number of hydrogen-bond donors (Lipinski definition) is 0. The van der Waals surface area contributed by atoms with E-state index in [0.29, 0.717) is 36.2 Å². The molecule has 1 aromatic carbocycles. The van der Waals surface area contributed by atoms with Crippen LogP contribution in [0, 0.1) is 11.8 Å². The molecule has 0 aliphatic carbocycles. The molecule has 1 atom stereocenters. The van der Waals surface area contributed by atoms with Gasteiger partial charge < -0.3 is 9.47 Å². The van der Waals surface area contributed by atoms with Gasteiger partial charge in [0.15, 0.2) is 17.3 Å². The van der Waals surface area contributed by atoms with Crippen LogP contribution in [0.25, 0.3) is 0 Å². The average molecular weight is 313 g/mol. The molecule has 0 bridgehead atoms. The number of benzene rings is 1. The van der Waals surface area contributed by atoms with E-state index in [1.807, 2.05) is 13.0 Å². The molecule has 0 saturated carbocycles. The molecule has 0 aromatic heterocycles. The van der Waals surface area contributed by atoms with E-state index in [4.69, 9.17) is 9.47 Å². The zero-order chi connectivity index (χ0) is 13.3. The molecule has 1 heterocycles. The third kappa shape index (κ3) is 2.53. The SMILES string of the molecule is CC(C)C(C)C(=O)c1cc2c(cc1Br)OCCO2. The van der Waals surface area contributed by atoms with Gasteiger partial charge in [-0.25, -0.2) is 0 Å². The first-order valence-corrected chi connectivity index (χ1v) is 6.93. The van der Waals surface area contributed by atoms with E-state index in [1.54, 1.807) is 6.07 Å². The lowest BCUT2D eigenvalue weighted by Gasteiger charge is -2.21. The Hall–Kier alpha value is -1.03. The summed E-state index contributed by atoms with van der Waals surface area (Å²) >= 11 is 3.44. The molecule has 1 unspecified atom stereocenters. The Balaban J connectivity index is 2.36. The van der Waals surface area contributed by atoms with Crippen LogP contribution in [0.1, 0.15) is 31.1 Å². The predicted octanol–water partition coefficient (Wildman–Crippen LogP) is 3.70. The van der Waals surface area contributed by atoms with Gasteiger partial charge in [0.1, 0.15) is 13.2 Å². The molecular weight excluding hydrogens is 296 g/mol. The lowest BCUT2D eigenvalue weighted by Crippen LogP contribution is -2.19. The number of ether oxygens (including phenoxy) is 2. The van der Waals surface area contributed by atoms with Gasteiger partial charge in [-0.1, -0.05) is 20.8 Å². The summed E-state index contributed by atoms with van der Waals surface area (Å²) in [7, 11) is 0.